The minimum Gasteiger partial charge on any atom is 0 e. The molecule has 5 aromatic carbocycles. The van der Waals surface area contributed by atoms with E-state index in [-0.39, 0.29) is 20.1 Å². The number of rotatable bonds is 5. The van der Waals surface area contributed by atoms with E-state index in [1.807, 2.05) is 49.5 Å². The van der Waals surface area contributed by atoms with Crippen molar-refractivity contribution in [3.63, 3.8) is 0 Å². The van der Waals surface area contributed by atoms with Crippen LogP contribution in [0.2, 0.25) is 17.3 Å². The van der Waals surface area contributed by atoms with Gasteiger partial charge in [0.05, 0.1) is 16.9 Å². The van der Waals surface area contributed by atoms with Crippen LogP contribution in [0.25, 0.3) is 72.6 Å². The van der Waals surface area contributed by atoms with Gasteiger partial charge in [0, 0.05) is 25.8 Å². The number of aromatic nitrogens is 4. The molecule has 9 aromatic rings. The molecule has 269 valence electrons. The molecule has 1 radical (unpaired) electrons. The number of furan rings is 1. The summed E-state index contributed by atoms with van der Waals surface area (Å²) in [5.74, 6) is 8.05. The Kier molecular flexibility index (Phi) is 10.5. The molecule has 4 aromatic heterocycles. The molecule has 0 amide bonds. The van der Waals surface area contributed by atoms with E-state index in [2.05, 4.69) is 149 Å². The Balaban J connectivity index is 0.000000166. The van der Waals surface area contributed by atoms with Crippen LogP contribution < -0.4 is 4.40 Å². The Morgan fingerprint density at radius 3 is 2.11 bits per heavy atom. The van der Waals surface area contributed by atoms with E-state index in [1.165, 1.54) is 32.3 Å². The molecular weight excluding hydrogens is 901 g/mol. The van der Waals surface area contributed by atoms with Crippen molar-refractivity contribution in [3.05, 3.63) is 163 Å². The van der Waals surface area contributed by atoms with E-state index >= 15 is 0 Å². The second-order valence-electron chi connectivity index (χ2n) is 14.6. The molecule has 4 heterocycles. The Morgan fingerprint density at radius 1 is 0.667 bits per heavy atom. The van der Waals surface area contributed by atoms with E-state index in [0.29, 0.717) is 5.71 Å². The van der Waals surface area contributed by atoms with Gasteiger partial charge in [-0.3, -0.25) is 4.98 Å². The van der Waals surface area contributed by atoms with E-state index in [1.54, 1.807) is 0 Å². The van der Waals surface area contributed by atoms with Gasteiger partial charge in [-0.1, -0.05) is 42.5 Å². The van der Waals surface area contributed by atoms with Gasteiger partial charge in [-0.15, -0.1) is 35.9 Å². The van der Waals surface area contributed by atoms with Crippen molar-refractivity contribution in [2.75, 3.05) is 0 Å². The van der Waals surface area contributed by atoms with Gasteiger partial charge in [0.15, 0.2) is 0 Å². The van der Waals surface area contributed by atoms with Crippen molar-refractivity contribution in [2.24, 2.45) is 0 Å². The summed E-state index contributed by atoms with van der Waals surface area (Å²) in [7, 11) is 0. The zero-order valence-corrected chi connectivity index (χ0v) is 35.7. The van der Waals surface area contributed by atoms with E-state index < -0.39 is 13.3 Å². The second-order valence-corrected chi connectivity index (χ2v) is 25.2. The summed E-state index contributed by atoms with van der Waals surface area (Å²) in [5, 5.41) is 2.10. The van der Waals surface area contributed by atoms with Crippen LogP contribution in [-0.4, -0.2) is 32.8 Å². The SMILES string of the molecule is Cc1cc(-c2ccccc2)cc(C)c1-n1c(-c2[c-]cccc2)nc2ccccc21.Cc1ccc2c(n1)oc1c[c-]c(-c3cc[c]([Ge]([CH3])([CH3])[CH3])cn3)cc12.[Ir]. The van der Waals surface area contributed by atoms with Gasteiger partial charge in [-0.2, -0.15) is 0 Å². The minimum absolute atomic E-state index is 0. The predicted octanol–water partition coefficient (Wildman–Crippen LogP) is 11.5. The molecule has 0 spiro atoms. The summed E-state index contributed by atoms with van der Waals surface area (Å²) in [4.78, 5) is 14.1. The largest absolute Gasteiger partial charge is 0 e. The molecule has 0 aliphatic heterocycles. The van der Waals surface area contributed by atoms with Crippen molar-refractivity contribution in [1.29, 1.82) is 0 Å². The fourth-order valence-electron chi connectivity index (χ4n) is 6.91. The second kappa shape index (κ2) is 15.3. The van der Waals surface area contributed by atoms with Crippen molar-refractivity contribution >= 4 is 50.8 Å². The monoisotopic (exact) mass is 943 g/mol. The van der Waals surface area contributed by atoms with Gasteiger partial charge in [0.1, 0.15) is 0 Å². The third-order valence-corrected chi connectivity index (χ3v) is 13.9. The number of pyridine rings is 2. The summed E-state index contributed by atoms with van der Waals surface area (Å²) < 4.78 is 9.52. The van der Waals surface area contributed by atoms with Gasteiger partial charge in [-0.25, -0.2) is 0 Å². The van der Waals surface area contributed by atoms with Crippen LogP contribution in [0.4, 0.5) is 0 Å². The topological polar surface area (TPSA) is 56.7 Å². The van der Waals surface area contributed by atoms with Gasteiger partial charge in [-0.05, 0) is 60.4 Å². The van der Waals surface area contributed by atoms with Crippen LogP contribution in [0.15, 0.2) is 138 Å². The van der Waals surface area contributed by atoms with E-state index in [0.717, 1.165) is 55.7 Å². The summed E-state index contributed by atoms with van der Waals surface area (Å²) in [6, 6.07) is 50.5. The van der Waals surface area contributed by atoms with Crippen molar-refractivity contribution in [2.45, 2.75) is 38.0 Å². The first-order valence-electron chi connectivity index (χ1n) is 17.9. The number of hydrogen-bond donors (Lipinski definition) is 0. The average Bonchev–Trinajstić information content (AvgIpc) is 3.73. The van der Waals surface area contributed by atoms with Crippen LogP contribution in [0.3, 0.4) is 0 Å². The molecular formula is C47H40GeIrN4O-2. The number of benzene rings is 5. The smallest absolute Gasteiger partial charge is 0 e. The molecule has 5 nitrogen and oxygen atoms in total. The molecule has 0 bridgehead atoms. The fourth-order valence-corrected chi connectivity index (χ4v) is 9.08. The fraction of sp³-hybridized carbons (Fsp3) is 0.128. The average molecular weight is 942 g/mol. The van der Waals surface area contributed by atoms with Crippen LogP contribution >= 0.6 is 0 Å². The summed E-state index contributed by atoms with van der Waals surface area (Å²) in [5.41, 5.74) is 13.6. The molecule has 7 heteroatoms. The zero-order chi connectivity index (χ0) is 36.7. The number of imidazole rings is 1. The first-order chi connectivity index (χ1) is 25.6. The first-order valence-corrected chi connectivity index (χ1v) is 25.3. The number of para-hydroxylation sites is 2. The molecule has 0 saturated heterocycles. The zero-order valence-electron chi connectivity index (χ0n) is 31.2. The van der Waals surface area contributed by atoms with Gasteiger partial charge < -0.3 is 4.57 Å². The molecule has 9 rings (SSSR count). The molecule has 0 unspecified atom stereocenters. The van der Waals surface area contributed by atoms with Crippen molar-refractivity contribution < 1.29 is 24.5 Å². The quantitative estimate of drug-likeness (QED) is 0.127. The van der Waals surface area contributed by atoms with Gasteiger partial charge in [0.2, 0.25) is 0 Å². The predicted molar refractivity (Wildman–Crippen MR) is 222 cm³/mol. The summed E-state index contributed by atoms with van der Waals surface area (Å²) in [6.07, 6.45) is 2.03. The van der Waals surface area contributed by atoms with Crippen LogP contribution in [0.5, 0.6) is 0 Å². The van der Waals surface area contributed by atoms with Crippen molar-refractivity contribution in [3.8, 4) is 39.5 Å². The number of hydrogen-bond acceptors (Lipinski definition) is 4. The molecule has 0 aliphatic rings. The third-order valence-electron chi connectivity index (χ3n) is 9.65. The number of aryl methyl sites for hydroxylation is 3. The van der Waals surface area contributed by atoms with Crippen LogP contribution in [0, 0.1) is 32.9 Å². The Hall–Kier alpha value is -5.14. The maximum Gasteiger partial charge on any atom is 0 e. The molecule has 0 saturated carbocycles. The molecule has 0 aliphatic carbocycles. The van der Waals surface area contributed by atoms with E-state index in [9.17, 15) is 0 Å². The maximum absolute atomic E-state index is 5.83. The van der Waals surface area contributed by atoms with Gasteiger partial charge >= 0.3 is 144 Å². The minimum atomic E-state index is -1.83. The van der Waals surface area contributed by atoms with E-state index in [4.69, 9.17) is 9.40 Å². The first kappa shape index (κ1) is 37.2. The number of nitrogens with zero attached hydrogens (tertiary/aromatic N) is 4. The Bertz CT molecular complexity index is 2710. The maximum atomic E-state index is 5.83. The van der Waals surface area contributed by atoms with Crippen LogP contribution in [-0.2, 0) is 20.1 Å². The van der Waals surface area contributed by atoms with Gasteiger partial charge in [0.25, 0.3) is 0 Å². The van der Waals surface area contributed by atoms with Crippen molar-refractivity contribution in [1.82, 2.24) is 19.5 Å². The Labute approximate surface area is 332 Å². The third kappa shape index (κ3) is 7.34. The number of fused-ring (bicyclic) bond motifs is 4. The molecule has 0 atom stereocenters. The Morgan fingerprint density at radius 2 is 1.41 bits per heavy atom. The normalized spacial score (nSPS) is 11.4. The van der Waals surface area contributed by atoms with Crippen LogP contribution in [0.1, 0.15) is 16.8 Å². The standard InChI is InChI=1S/C27H21N2.C20H19GeN2O.Ir/c1-19-17-23(21-11-5-3-6-12-21)18-20(2)26(19)29-25-16-10-9-15-24(25)28-27(29)22-13-7-4-8-14-22;1-13-5-8-16-17-11-14(6-10-19(17)24-20(16)23-13)18-9-7-15(12-22-18)21(2,3)4;/h3-13,15-18H,1-2H3;5,7-12H,1-4H3;/q2*-1;. The molecule has 54 heavy (non-hydrogen) atoms. The summed E-state index contributed by atoms with van der Waals surface area (Å²) in [6.45, 7) is 6.33. The molecule has 0 N–H and O–H groups in total. The molecule has 0 fully saturated rings. The summed E-state index contributed by atoms with van der Waals surface area (Å²) >= 11 is -1.83.